The maximum absolute atomic E-state index is 11.8. The summed E-state index contributed by atoms with van der Waals surface area (Å²) >= 11 is 0. The lowest BCUT2D eigenvalue weighted by Gasteiger charge is -2.18. The molecule has 0 aromatic carbocycles. The summed E-state index contributed by atoms with van der Waals surface area (Å²) in [6, 6.07) is 0.186. The standard InChI is InChI=1S/C13H20N2O2/c1-2-3-6-11-9-12(10-14-11)17-13(16)15-7-4-5-8-15/h11-12,14H,2,4-5,7-10H2,1H3/t11?,12-/m0/s1. The molecule has 17 heavy (non-hydrogen) atoms. The average molecular weight is 236 g/mol. The van der Waals surface area contributed by atoms with E-state index in [0.717, 1.165) is 45.3 Å². The van der Waals surface area contributed by atoms with Crippen molar-refractivity contribution in [2.45, 2.75) is 44.8 Å². The van der Waals surface area contributed by atoms with Crippen molar-refractivity contribution < 1.29 is 9.53 Å². The molecule has 2 atom stereocenters. The molecule has 2 heterocycles. The van der Waals surface area contributed by atoms with Crippen LogP contribution in [-0.4, -0.2) is 42.8 Å². The lowest BCUT2D eigenvalue weighted by atomic mass is 10.2. The van der Waals surface area contributed by atoms with Gasteiger partial charge in [0.15, 0.2) is 0 Å². The summed E-state index contributed by atoms with van der Waals surface area (Å²) in [5, 5.41) is 3.27. The molecular formula is C13H20N2O2. The number of hydrogen-bond donors (Lipinski definition) is 1. The van der Waals surface area contributed by atoms with Gasteiger partial charge < -0.3 is 9.64 Å². The summed E-state index contributed by atoms with van der Waals surface area (Å²) < 4.78 is 5.46. The predicted molar refractivity (Wildman–Crippen MR) is 65.6 cm³/mol. The molecule has 2 aliphatic rings. The first kappa shape index (κ1) is 12.3. The van der Waals surface area contributed by atoms with Gasteiger partial charge in [-0.25, -0.2) is 4.79 Å². The van der Waals surface area contributed by atoms with Crippen LogP contribution < -0.4 is 5.32 Å². The minimum atomic E-state index is -0.154. The quantitative estimate of drug-likeness (QED) is 0.699. The number of amides is 1. The van der Waals surface area contributed by atoms with Crippen LogP contribution in [0.15, 0.2) is 0 Å². The minimum Gasteiger partial charge on any atom is -0.445 e. The van der Waals surface area contributed by atoms with Crippen LogP contribution in [0.1, 0.15) is 32.6 Å². The topological polar surface area (TPSA) is 41.6 Å². The Labute approximate surface area is 103 Å². The van der Waals surface area contributed by atoms with E-state index in [1.54, 1.807) is 4.90 Å². The van der Waals surface area contributed by atoms with E-state index < -0.39 is 0 Å². The first-order valence-electron chi connectivity index (χ1n) is 6.47. The van der Waals surface area contributed by atoms with E-state index in [9.17, 15) is 4.79 Å². The molecule has 4 heteroatoms. The number of nitrogens with one attached hydrogen (secondary N) is 1. The number of carbonyl (C=O) groups is 1. The lowest BCUT2D eigenvalue weighted by Crippen LogP contribution is -2.32. The third kappa shape index (κ3) is 3.37. The first-order valence-corrected chi connectivity index (χ1v) is 6.47. The van der Waals surface area contributed by atoms with Crippen molar-refractivity contribution in [2.75, 3.05) is 19.6 Å². The van der Waals surface area contributed by atoms with Gasteiger partial charge in [0, 0.05) is 32.5 Å². The van der Waals surface area contributed by atoms with E-state index in [2.05, 4.69) is 17.2 Å². The minimum absolute atomic E-state index is 0.0146. The van der Waals surface area contributed by atoms with Crippen molar-refractivity contribution in [1.82, 2.24) is 10.2 Å². The zero-order valence-electron chi connectivity index (χ0n) is 10.4. The first-order chi connectivity index (χ1) is 8.29. The summed E-state index contributed by atoms with van der Waals surface area (Å²) in [4.78, 5) is 13.6. The van der Waals surface area contributed by atoms with E-state index in [4.69, 9.17) is 4.74 Å². The number of hydrogen-bond acceptors (Lipinski definition) is 3. The molecule has 0 bridgehead atoms. The van der Waals surface area contributed by atoms with Crippen LogP contribution in [0.4, 0.5) is 4.79 Å². The lowest BCUT2D eigenvalue weighted by molar-refractivity contribution is 0.0763. The second kappa shape index (κ2) is 5.92. The molecule has 0 aromatic heterocycles. The Hall–Kier alpha value is -1.21. The van der Waals surface area contributed by atoms with Gasteiger partial charge in [0.25, 0.3) is 0 Å². The number of rotatable bonds is 1. The van der Waals surface area contributed by atoms with Gasteiger partial charge in [-0.3, -0.25) is 5.32 Å². The Balaban J connectivity index is 1.75. The molecule has 2 aliphatic heterocycles. The van der Waals surface area contributed by atoms with Crippen molar-refractivity contribution in [3.63, 3.8) is 0 Å². The largest absolute Gasteiger partial charge is 0.445 e. The van der Waals surface area contributed by atoms with Gasteiger partial charge in [-0.05, 0) is 12.8 Å². The number of carbonyl (C=O) groups excluding carboxylic acids is 1. The number of likely N-dealkylation sites (tertiary alicyclic amines) is 1. The Morgan fingerprint density at radius 3 is 2.94 bits per heavy atom. The second-order valence-electron chi connectivity index (χ2n) is 4.57. The van der Waals surface area contributed by atoms with Crippen LogP contribution in [0.25, 0.3) is 0 Å². The summed E-state index contributed by atoms with van der Waals surface area (Å²) in [5.74, 6) is 6.19. The summed E-state index contributed by atoms with van der Waals surface area (Å²) in [5.41, 5.74) is 0. The molecule has 1 unspecified atom stereocenters. The highest BCUT2D eigenvalue weighted by Crippen LogP contribution is 2.14. The molecule has 0 spiro atoms. The Kier molecular flexibility index (Phi) is 4.27. The summed E-state index contributed by atoms with van der Waals surface area (Å²) in [6.45, 7) is 4.45. The highest BCUT2D eigenvalue weighted by Gasteiger charge is 2.28. The Morgan fingerprint density at radius 2 is 2.24 bits per heavy atom. The highest BCUT2D eigenvalue weighted by atomic mass is 16.6. The molecule has 2 saturated heterocycles. The molecule has 0 aromatic rings. The Morgan fingerprint density at radius 1 is 1.47 bits per heavy atom. The van der Waals surface area contributed by atoms with Gasteiger partial charge in [0.1, 0.15) is 6.10 Å². The van der Waals surface area contributed by atoms with Gasteiger partial charge in [-0.15, -0.1) is 5.92 Å². The van der Waals surface area contributed by atoms with Gasteiger partial charge >= 0.3 is 6.09 Å². The molecule has 94 valence electrons. The SMILES string of the molecule is CCC#CC1C[C@H](OC(=O)N2CCCC2)CN1. The van der Waals surface area contributed by atoms with Crippen molar-refractivity contribution >= 4 is 6.09 Å². The fraction of sp³-hybridized carbons (Fsp3) is 0.769. The van der Waals surface area contributed by atoms with E-state index >= 15 is 0 Å². The summed E-state index contributed by atoms with van der Waals surface area (Å²) in [7, 11) is 0. The van der Waals surface area contributed by atoms with Gasteiger partial charge in [-0.2, -0.15) is 0 Å². The third-order valence-electron chi connectivity index (χ3n) is 3.18. The maximum Gasteiger partial charge on any atom is 0.410 e. The molecule has 4 nitrogen and oxygen atoms in total. The smallest absolute Gasteiger partial charge is 0.410 e. The fourth-order valence-electron chi connectivity index (χ4n) is 2.25. The van der Waals surface area contributed by atoms with Crippen molar-refractivity contribution in [3.05, 3.63) is 0 Å². The molecule has 0 aliphatic carbocycles. The third-order valence-corrected chi connectivity index (χ3v) is 3.18. The van der Waals surface area contributed by atoms with Crippen LogP contribution in [0.2, 0.25) is 0 Å². The van der Waals surface area contributed by atoms with Crippen LogP contribution in [0, 0.1) is 11.8 Å². The van der Waals surface area contributed by atoms with Crippen LogP contribution in [0.5, 0.6) is 0 Å². The van der Waals surface area contributed by atoms with E-state index in [1.165, 1.54) is 0 Å². The van der Waals surface area contributed by atoms with Gasteiger partial charge in [-0.1, -0.05) is 12.8 Å². The monoisotopic (exact) mass is 236 g/mol. The van der Waals surface area contributed by atoms with Crippen molar-refractivity contribution in [2.24, 2.45) is 0 Å². The zero-order chi connectivity index (χ0) is 12.1. The van der Waals surface area contributed by atoms with E-state index in [-0.39, 0.29) is 18.2 Å². The normalized spacial score (nSPS) is 27.7. The molecule has 1 N–H and O–H groups in total. The second-order valence-corrected chi connectivity index (χ2v) is 4.57. The average Bonchev–Trinajstić information content (AvgIpc) is 2.97. The van der Waals surface area contributed by atoms with Gasteiger partial charge in [0.2, 0.25) is 0 Å². The number of nitrogens with zero attached hydrogens (tertiary/aromatic N) is 1. The number of ether oxygens (including phenoxy) is 1. The van der Waals surface area contributed by atoms with Gasteiger partial charge in [0.05, 0.1) is 6.04 Å². The van der Waals surface area contributed by atoms with Crippen LogP contribution in [-0.2, 0) is 4.74 Å². The summed E-state index contributed by atoms with van der Waals surface area (Å²) in [6.07, 6.45) is 3.71. The Bertz CT molecular complexity index is 326. The predicted octanol–water partition coefficient (Wildman–Crippen LogP) is 1.36. The van der Waals surface area contributed by atoms with Crippen molar-refractivity contribution in [1.29, 1.82) is 0 Å². The van der Waals surface area contributed by atoms with E-state index in [0.29, 0.717) is 0 Å². The molecule has 1 amide bonds. The maximum atomic E-state index is 11.8. The van der Waals surface area contributed by atoms with Crippen LogP contribution >= 0.6 is 0 Å². The molecule has 2 fully saturated rings. The molecular weight excluding hydrogens is 216 g/mol. The zero-order valence-corrected chi connectivity index (χ0v) is 10.4. The molecule has 0 radical (unpaired) electrons. The van der Waals surface area contributed by atoms with E-state index in [1.807, 2.05) is 6.92 Å². The highest BCUT2D eigenvalue weighted by molar-refractivity contribution is 5.68. The molecule has 0 saturated carbocycles. The fourth-order valence-corrected chi connectivity index (χ4v) is 2.25. The molecule has 2 rings (SSSR count). The van der Waals surface area contributed by atoms with Crippen LogP contribution in [0.3, 0.4) is 0 Å². The van der Waals surface area contributed by atoms with Crippen molar-refractivity contribution in [3.8, 4) is 11.8 Å².